The fourth-order valence-electron chi connectivity index (χ4n) is 2.47. The maximum Gasteiger partial charge on any atom is 0.0439 e. The van der Waals surface area contributed by atoms with Crippen molar-refractivity contribution in [2.75, 3.05) is 0 Å². The van der Waals surface area contributed by atoms with Gasteiger partial charge in [0.2, 0.25) is 0 Å². The molecule has 1 nitrogen and oxygen atoms in total. The van der Waals surface area contributed by atoms with Gasteiger partial charge in [0.25, 0.3) is 0 Å². The molecule has 0 bridgehead atoms. The molecule has 1 aliphatic heterocycles. The molecule has 1 heterocycles. The highest BCUT2D eigenvalue weighted by Crippen LogP contribution is 2.33. The Kier molecular flexibility index (Phi) is 3.50. The topological polar surface area (TPSA) is 14.1 Å². The molecule has 1 atom stereocenters. The van der Waals surface area contributed by atoms with Gasteiger partial charge in [-0.15, -0.1) is 0 Å². The van der Waals surface area contributed by atoms with E-state index >= 15 is 0 Å². The van der Waals surface area contributed by atoms with Crippen LogP contribution < -0.4 is 5.32 Å². The zero-order chi connectivity index (χ0) is 10.7. The number of rotatable bonds is 4. The molecule has 1 aliphatic carbocycles. The van der Waals surface area contributed by atoms with Gasteiger partial charge in [0, 0.05) is 11.4 Å². The predicted molar refractivity (Wildman–Crippen MR) is 64.4 cm³/mol. The zero-order valence-corrected chi connectivity index (χ0v) is 10.1. The molecule has 0 saturated heterocycles. The Balaban J connectivity index is 1.92. The minimum absolute atomic E-state index is 0.663. The summed E-state index contributed by atoms with van der Waals surface area (Å²) in [6.07, 6.45) is 11.5. The lowest BCUT2D eigenvalue weighted by Gasteiger charge is -2.14. The summed E-state index contributed by atoms with van der Waals surface area (Å²) in [5, 5.41) is 4.80. The summed E-state index contributed by atoms with van der Waals surface area (Å²) >= 11 is 0. The van der Waals surface area contributed by atoms with Gasteiger partial charge in [-0.05, 0) is 49.7 Å². The van der Waals surface area contributed by atoms with Gasteiger partial charge in [-0.25, -0.2) is 0 Å². The molecular weight excluding hydrogens is 182 g/mol. The van der Waals surface area contributed by atoms with Crippen LogP contribution in [-0.2, 0) is 0 Å². The van der Waals surface area contributed by atoms with Gasteiger partial charge in [-0.1, -0.05) is 26.7 Å². The zero-order valence-electron chi connectivity index (χ0n) is 10.1. The van der Waals surface area contributed by atoms with Crippen LogP contribution in [0.4, 0.5) is 0 Å². The maximum absolute atomic E-state index is 4.80. The molecule has 0 fully saturated rings. The molecule has 0 amide bonds. The Morgan fingerprint density at radius 1 is 1.33 bits per heavy atom. The van der Waals surface area contributed by atoms with Crippen molar-refractivity contribution < 1.29 is 0 Å². The van der Waals surface area contributed by atoms with Crippen LogP contribution in [0.5, 0.6) is 0 Å². The van der Waals surface area contributed by atoms with Crippen molar-refractivity contribution in [1.29, 1.82) is 0 Å². The second-order valence-corrected chi connectivity index (χ2v) is 4.90. The van der Waals surface area contributed by atoms with E-state index in [1.807, 2.05) is 0 Å². The highest BCUT2D eigenvalue weighted by molar-refractivity contribution is 5.38. The number of nitrogens with zero attached hydrogens (tertiary/aromatic N) is 1. The van der Waals surface area contributed by atoms with Gasteiger partial charge < -0.3 is 0 Å². The number of allylic oxidation sites excluding steroid dienone is 4. The van der Waals surface area contributed by atoms with Crippen LogP contribution in [0.1, 0.15) is 58.8 Å². The lowest BCUT2D eigenvalue weighted by atomic mass is 9.97. The number of hydrogen-bond acceptors (Lipinski definition) is 0. The second-order valence-electron chi connectivity index (χ2n) is 4.90. The molecule has 83 valence electrons. The Morgan fingerprint density at radius 3 is 2.87 bits per heavy atom. The van der Waals surface area contributed by atoms with Crippen LogP contribution in [0, 0.1) is 5.92 Å². The molecule has 2 rings (SSSR count). The summed E-state index contributed by atoms with van der Waals surface area (Å²) in [7, 11) is 0. The Bertz CT molecular complexity index is 286. The van der Waals surface area contributed by atoms with E-state index in [0.29, 0.717) is 5.92 Å². The van der Waals surface area contributed by atoms with Gasteiger partial charge in [0.15, 0.2) is 0 Å². The first-order chi connectivity index (χ1) is 7.31. The van der Waals surface area contributed by atoms with Crippen molar-refractivity contribution in [3.63, 3.8) is 0 Å². The number of unbranched alkanes of at least 4 members (excludes halogenated alkanes) is 1. The number of hydrogen-bond donors (Lipinski definition) is 0. The summed E-state index contributed by atoms with van der Waals surface area (Å²) in [6.45, 7) is 4.58. The molecule has 0 spiro atoms. The van der Waals surface area contributed by atoms with Gasteiger partial charge in [-0.2, -0.15) is 0 Å². The highest BCUT2D eigenvalue weighted by Gasteiger charge is 2.22. The summed E-state index contributed by atoms with van der Waals surface area (Å²) in [5.74, 6) is 0.663. The van der Waals surface area contributed by atoms with E-state index in [9.17, 15) is 0 Å². The lowest BCUT2D eigenvalue weighted by molar-refractivity contribution is 0.543. The molecule has 1 heteroatoms. The molecule has 1 radical (unpaired) electrons. The van der Waals surface area contributed by atoms with Crippen molar-refractivity contribution in [2.24, 2.45) is 5.92 Å². The van der Waals surface area contributed by atoms with E-state index < -0.39 is 0 Å². The van der Waals surface area contributed by atoms with E-state index in [2.05, 4.69) is 19.9 Å². The predicted octanol–water partition coefficient (Wildman–Crippen LogP) is 4.14. The van der Waals surface area contributed by atoms with Crippen LogP contribution in [-0.4, -0.2) is 0 Å². The minimum Gasteiger partial charge on any atom is -0.257 e. The smallest absolute Gasteiger partial charge is 0.0439 e. The summed E-state index contributed by atoms with van der Waals surface area (Å²) in [4.78, 5) is 0. The normalized spacial score (nSPS) is 22.1. The van der Waals surface area contributed by atoms with Crippen LogP contribution >= 0.6 is 0 Å². The first-order valence-electron chi connectivity index (χ1n) is 6.46. The fourth-order valence-corrected chi connectivity index (χ4v) is 2.47. The molecule has 0 aromatic rings. The maximum atomic E-state index is 4.80. The molecule has 15 heavy (non-hydrogen) atoms. The molecule has 0 saturated carbocycles. The first-order valence-corrected chi connectivity index (χ1v) is 6.46. The average Bonchev–Trinajstić information content (AvgIpc) is 2.69. The highest BCUT2D eigenvalue weighted by atomic mass is 14.9. The third kappa shape index (κ3) is 2.45. The van der Waals surface area contributed by atoms with Crippen molar-refractivity contribution in [3.05, 3.63) is 23.0 Å². The van der Waals surface area contributed by atoms with E-state index in [-0.39, 0.29) is 0 Å². The summed E-state index contributed by atoms with van der Waals surface area (Å²) in [6, 6.07) is 0. The third-order valence-corrected chi connectivity index (χ3v) is 3.56. The summed E-state index contributed by atoms with van der Waals surface area (Å²) < 4.78 is 0. The van der Waals surface area contributed by atoms with E-state index in [1.54, 1.807) is 5.57 Å². The first kappa shape index (κ1) is 10.8. The van der Waals surface area contributed by atoms with Crippen molar-refractivity contribution in [2.45, 2.75) is 58.8 Å². The summed E-state index contributed by atoms with van der Waals surface area (Å²) in [5.41, 5.74) is 4.30. The van der Waals surface area contributed by atoms with Crippen LogP contribution in [0.15, 0.2) is 23.0 Å². The molecular formula is C14H22N. The van der Waals surface area contributed by atoms with E-state index in [1.165, 1.54) is 56.3 Å². The molecule has 0 aromatic carbocycles. The molecule has 0 aromatic heterocycles. The third-order valence-electron chi connectivity index (χ3n) is 3.56. The van der Waals surface area contributed by atoms with Crippen LogP contribution in [0.3, 0.4) is 0 Å². The van der Waals surface area contributed by atoms with Crippen molar-refractivity contribution in [1.82, 2.24) is 5.32 Å². The Morgan fingerprint density at radius 2 is 2.13 bits per heavy atom. The van der Waals surface area contributed by atoms with Crippen molar-refractivity contribution in [3.8, 4) is 0 Å². The van der Waals surface area contributed by atoms with Gasteiger partial charge in [0.1, 0.15) is 0 Å². The molecule has 2 aliphatic rings. The molecule has 0 N–H and O–H groups in total. The Labute approximate surface area is 93.6 Å². The van der Waals surface area contributed by atoms with E-state index in [4.69, 9.17) is 5.32 Å². The van der Waals surface area contributed by atoms with E-state index in [0.717, 1.165) is 0 Å². The monoisotopic (exact) mass is 204 g/mol. The van der Waals surface area contributed by atoms with Gasteiger partial charge >= 0.3 is 0 Å². The lowest BCUT2D eigenvalue weighted by Crippen LogP contribution is -2.09. The molecule has 1 unspecified atom stereocenters. The fraction of sp³-hybridized carbons (Fsp3) is 0.714. The van der Waals surface area contributed by atoms with Gasteiger partial charge in [0.05, 0.1) is 0 Å². The SMILES string of the molecule is CCCCC(C)C1=CC2=C(CCCC2)[N]1. The standard InChI is InChI=1S/C14H22N/c1-3-4-7-11(2)14-10-12-8-5-6-9-13(12)15-14/h10-11H,3-9H2,1-2H3. The largest absolute Gasteiger partial charge is 0.257 e. The second kappa shape index (κ2) is 4.87. The van der Waals surface area contributed by atoms with Gasteiger partial charge in [-0.3, -0.25) is 5.32 Å². The quantitative estimate of drug-likeness (QED) is 0.653. The minimum atomic E-state index is 0.663. The average molecular weight is 204 g/mol. The van der Waals surface area contributed by atoms with Crippen molar-refractivity contribution >= 4 is 0 Å². The Hall–Kier alpha value is -0.720. The van der Waals surface area contributed by atoms with Crippen LogP contribution in [0.25, 0.3) is 0 Å². The van der Waals surface area contributed by atoms with Crippen LogP contribution in [0.2, 0.25) is 0 Å².